The van der Waals surface area contributed by atoms with Crippen LogP contribution in [0.5, 0.6) is 0 Å². The average molecular weight is 282 g/mol. The number of carbonyl (C=O) groups excluding carboxylic acids is 1. The lowest BCUT2D eigenvalue weighted by atomic mass is 9.84. The summed E-state index contributed by atoms with van der Waals surface area (Å²) in [5, 5.41) is 14.7. The Balaban J connectivity index is 1.68. The minimum atomic E-state index is -0.912. The number of aliphatic carboxylic acids is 1. The molecular formula is C15H26N2O3. The van der Waals surface area contributed by atoms with Crippen LogP contribution in [0.4, 0.5) is 4.79 Å². The van der Waals surface area contributed by atoms with Gasteiger partial charge in [0.25, 0.3) is 0 Å². The minimum absolute atomic E-state index is 0.0819. The Morgan fingerprint density at radius 2 is 1.80 bits per heavy atom. The maximum absolute atomic E-state index is 11.8. The fraction of sp³-hybridized carbons (Fsp3) is 0.867. The fourth-order valence-corrected chi connectivity index (χ4v) is 3.04. The smallest absolute Gasteiger partial charge is 0.326 e. The van der Waals surface area contributed by atoms with Crippen molar-refractivity contribution in [2.24, 2.45) is 11.8 Å². The van der Waals surface area contributed by atoms with Gasteiger partial charge in [0.1, 0.15) is 6.04 Å². The topological polar surface area (TPSA) is 78.4 Å². The molecule has 0 bridgehead atoms. The highest BCUT2D eigenvalue weighted by molar-refractivity contribution is 5.82. The molecule has 2 rings (SSSR count). The summed E-state index contributed by atoms with van der Waals surface area (Å²) in [5.41, 5.74) is 0. The minimum Gasteiger partial charge on any atom is -0.480 e. The van der Waals surface area contributed by atoms with Gasteiger partial charge in [-0.1, -0.05) is 32.1 Å². The van der Waals surface area contributed by atoms with Crippen LogP contribution in [0.25, 0.3) is 0 Å². The van der Waals surface area contributed by atoms with Gasteiger partial charge in [-0.3, -0.25) is 0 Å². The molecule has 2 aliphatic rings. The van der Waals surface area contributed by atoms with Crippen LogP contribution in [0.1, 0.15) is 57.8 Å². The molecule has 5 heteroatoms. The summed E-state index contributed by atoms with van der Waals surface area (Å²) in [7, 11) is 0. The molecule has 1 unspecified atom stereocenters. The second kappa shape index (κ2) is 7.50. The van der Waals surface area contributed by atoms with E-state index in [1.165, 1.54) is 25.7 Å². The highest BCUT2D eigenvalue weighted by Gasteiger charge is 2.30. The number of hydrogen-bond acceptors (Lipinski definition) is 2. The zero-order valence-corrected chi connectivity index (χ0v) is 12.1. The van der Waals surface area contributed by atoms with Crippen molar-refractivity contribution in [2.45, 2.75) is 63.8 Å². The number of urea groups is 1. The number of rotatable bonds is 7. The van der Waals surface area contributed by atoms with Crippen LogP contribution in [0.3, 0.4) is 0 Å². The van der Waals surface area contributed by atoms with Crippen molar-refractivity contribution in [3.05, 3.63) is 0 Å². The van der Waals surface area contributed by atoms with E-state index in [4.69, 9.17) is 0 Å². The predicted octanol–water partition coefficient (Wildman–Crippen LogP) is 2.51. The molecule has 2 fully saturated rings. The molecule has 0 aromatic carbocycles. The van der Waals surface area contributed by atoms with Crippen molar-refractivity contribution in [2.75, 3.05) is 6.54 Å². The molecule has 1 atom stereocenters. The monoisotopic (exact) mass is 282 g/mol. The molecule has 3 N–H and O–H groups in total. The van der Waals surface area contributed by atoms with Gasteiger partial charge < -0.3 is 15.7 Å². The summed E-state index contributed by atoms with van der Waals surface area (Å²) in [4.78, 5) is 23.1. The first kappa shape index (κ1) is 15.1. The Hall–Kier alpha value is -1.26. The molecule has 5 nitrogen and oxygen atoms in total. The lowest BCUT2D eigenvalue weighted by Gasteiger charge is -2.28. The molecule has 0 heterocycles. The third kappa shape index (κ3) is 5.02. The quantitative estimate of drug-likeness (QED) is 0.628. The first-order valence-electron chi connectivity index (χ1n) is 7.94. The zero-order valence-electron chi connectivity index (χ0n) is 12.1. The molecule has 0 aliphatic heterocycles. The van der Waals surface area contributed by atoms with Crippen molar-refractivity contribution in [3.8, 4) is 0 Å². The Morgan fingerprint density at radius 3 is 2.40 bits per heavy atom. The Morgan fingerprint density at radius 1 is 1.10 bits per heavy atom. The first-order chi connectivity index (χ1) is 9.66. The van der Waals surface area contributed by atoms with Crippen LogP contribution in [0.15, 0.2) is 0 Å². The summed E-state index contributed by atoms with van der Waals surface area (Å²) >= 11 is 0. The van der Waals surface area contributed by atoms with E-state index in [0.29, 0.717) is 6.54 Å². The summed E-state index contributed by atoms with van der Waals surface area (Å²) in [6.07, 6.45) is 9.93. The largest absolute Gasteiger partial charge is 0.480 e. The highest BCUT2D eigenvalue weighted by atomic mass is 16.4. The van der Waals surface area contributed by atoms with Gasteiger partial charge in [-0.05, 0) is 37.5 Å². The molecule has 2 aliphatic carbocycles. The van der Waals surface area contributed by atoms with E-state index in [2.05, 4.69) is 10.6 Å². The van der Waals surface area contributed by atoms with E-state index >= 15 is 0 Å². The molecular weight excluding hydrogens is 256 g/mol. The van der Waals surface area contributed by atoms with Crippen LogP contribution >= 0.6 is 0 Å². The van der Waals surface area contributed by atoms with E-state index in [1.807, 2.05) is 0 Å². The van der Waals surface area contributed by atoms with Crippen LogP contribution in [0.2, 0.25) is 0 Å². The van der Waals surface area contributed by atoms with Crippen molar-refractivity contribution in [1.82, 2.24) is 10.6 Å². The summed E-state index contributed by atoms with van der Waals surface area (Å²) < 4.78 is 0. The van der Waals surface area contributed by atoms with Crippen LogP contribution < -0.4 is 10.6 Å². The maximum Gasteiger partial charge on any atom is 0.326 e. The Labute approximate surface area is 120 Å². The van der Waals surface area contributed by atoms with Gasteiger partial charge in [0.05, 0.1) is 0 Å². The summed E-state index contributed by atoms with van der Waals surface area (Å²) in [5.74, 6) is 0.0392. The molecule has 2 saturated carbocycles. The molecule has 114 valence electrons. The van der Waals surface area contributed by atoms with E-state index in [9.17, 15) is 14.7 Å². The van der Waals surface area contributed by atoms with Crippen LogP contribution in [-0.4, -0.2) is 29.7 Å². The highest BCUT2D eigenvalue weighted by Crippen LogP contribution is 2.33. The van der Waals surface area contributed by atoms with Gasteiger partial charge in [-0.15, -0.1) is 0 Å². The van der Waals surface area contributed by atoms with Gasteiger partial charge in [-0.25, -0.2) is 9.59 Å². The molecule has 0 radical (unpaired) electrons. The normalized spacial score (nSPS) is 21.2. The van der Waals surface area contributed by atoms with E-state index in [0.717, 1.165) is 38.0 Å². The predicted molar refractivity (Wildman–Crippen MR) is 76.5 cm³/mol. The van der Waals surface area contributed by atoms with Gasteiger partial charge in [0.15, 0.2) is 0 Å². The Bertz CT molecular complexity index is 336. The third-order valence-corrected chi connectivity index (χ3v) is 4.45. The van der Waals surface area contributed by atoms with Gasteiger partial charge in [-0.2, -0.15) is 0 Å². The average Bonchev–Trinajstić information content (AvgIpc) is 3.26. The second-order valence-electron chi connectivity index (χ2n) is 6.20. The lowest BCUT2D eigenvalue weighted by Crippen LogP contribution is -2.50. The van der Waals surface area contributed by atoms with Gasteiger partial charge in [0, 0.05) is 6.54 Å². The third-order valence-electron chi connectivity index (χ3n) is 4.45. The summed E-state index contributed by atoms with van der Waals surface area (Å²) in [6, 6.07) is -1.07. The van der Waals surface area contributed by atoms with Crippen molar-refractivity contribution in [3.63, 3.8) is 0 Å². The van der Waals surface area contributed by atoms with E-state index in [1.54, 1.807) is 0 Å². The molecule has 0 aromatic heterocycles. The Kier molecular flexibility index (Phi) is 5.68. The van der Waals surface area contributed by atoms with Crippen molar-refractivity contribution >= 4 is 12.0 Å². The van der Waals surface area contributed by atoms with E-state index in [-0.39, 0.29) is 11.9 Å². The molecule has 2 amide bonds. The molecule has 0 spiro atoms. The number of hydrogen-bond donors (Lipinski definition) is 3. The number of carboxylic acid groups (broad SMARTS) is 1. The SMILES string of the molecule is O=C(NCCCC1CC1)NC(C(=O)O)C1CCCCC1. The van der Waals surface area contributed by atoms with Gasteiger partial charge >= 0.3 is 12.0 Å². The number of amides is 2. The summed E-state index contributed by atoms with van der Waals surface area (Å²) in [6.45, 7) is 0.638. The zero-order chi connectivity index (χ0) is 14.4. The molecule has 0 saturated heterocycles. The lowest BCUT2D eigenvalue weighted by molar-refractivity contribution is -0.141. The van der Waals surface area contributed by atoms with E-state index < -0.39 is 12.0 Å². The number of nitrogens with one attached hydrogen (secondary N) is 2. The maximum atomic E-state index is 11.8. The van der Waals surface area contributed by atoms with Crippen molar-refractivity contribution in [1.29, 1.82) is 0 Å². The second-order valence-corrected chi connectivity index (χ2v) is 6.20. The molecule has 0 aromatic rings. The van der Waals surface area contributed by atoms with Crippen LogP contribution in [0, 0.1) is 11.8 Å². The number of carboxylic acids is 1. The standard InChI is InChI=1S/C15H26N2O3/c18-14(19)13(12-6-2-1-3-7-12)17-15(20)16-10-4-5-11-8-9-11/h11-13H,1-10H2,(H,18,19)(H2,16,17,20). The van der Waals surface area contributed by atoms with Gasteiger partial charge in [0.2, 0.25) is 0 Å². The fourth-order valence-electron chi connectivity index (χ4n) is 3.04. The van der Waals surface area contributed by atoms with Crippen LogP contribution in [-0.2, 0) is 4.79 Å². The first-order valence-corrected chi connectivity index (χ1v) is 7.94. The number of carbonyl (C=O) groups is 2. The van der Waals surface area contributed by atoms with Crippen molar-refractivity contribution < 1.29 is 14.7 Å². The molecule has 20 heavy (non-hydrogen) atoms.